The van der Waals surface area contributed by atoms with Gasteiger partial charge < -0.3 is 9.64 Å². The molecule has 8 heteroatoms. The van der Waals surface area contributed by atoms with Crippen LogP contribution in [-0.2, 0) is 4.79 Å². The van der Waals surface area contributed by atoms with Gasteiger partial charge in [0.1, 0.15) is 5.75 Å². The second-order valence-corrected chi connectivity index (χ2v) is 7.24. The number of amides is 1. The quantitative estimate of drug-likeness (QED) is 0.762. The lowest BCUT2D eigenvalue weighted by atomic mass is 9.98. The van der Waals surface area contributed by atoms with Crippen LogP contribution in [0.25, 0.3) is 5.69 Å². The second kappa shape index (κ2) is 7.86. The number of nitrogens with zero attached hydrogens (tertiary/aromatic N) is 5. The molecule has 0 aliphatic carbocycles. The smallest absolute Gasteiger partial charge is 0.233 e. The molecule has 2 unspecified atom stereocenters. The number of carbonyl (C=O) groups excluding carboxylic acids is 1. The highest BCUT2D eigenvalue weighted by atomic mass is 32.2. The fraction of sp³-hybridized carbons (Fsp3) is 0.529. The minimum atomic E-state index is 0.143. The van der Waals surface area contributed by atoms with E-state index in [1.807, 2.05) is 29.2 Å². The van der Waals surface area contributed by atoms with Crippen LogP contribution >= 0.6 is 11.8 Å². The van der Waals surface area contributed by atoms with Gasteiger partial charge in [0, 0.05) is 18.2 Å². The monoisotopic (exact) mass is 361 g/mol. The van der Waals surface area contributed by atoms with Crippen molar-refractivity contribution in [3.05, 3.63) is 24.3 Å². The largest absolute Gasteiger partial charge is 0.497 e. The number of benzene rings is 1. The van der Waals surface area contributed by atoms with E-state index in [2.05, 4.69) is 29.4 Å². The van der Waals surface area contributed by atoms with Crippen molar-refractivity contribution in [2.75, 3.05) is 12.9 Å². The summed E-state index contributed by atoms with van der Waals surface area (Å²) >= 11 is 1.36. The first kappa shape index (κ1) is 17.7. The highest BCUT2D eigenvalue weighted by molar-refractivity contribution is 7.99. The van der Waals surface area contributed by atoms with Crippen LogP contribution in [0.2, 0.25) is 0 Å². The summed E-state index contributed by atoms with van der Waals surface area (Å²) in [5.74, 6) is 1.21. The zero-order chi connectivity index (χ0) is 17.8. The van der Waals surface area contributed by atoms with Crippen molar-refractivity contribution in [2.24, 2.45) is 0 Å². The number of tetrazole rings is 1. The molecule has 0 N–H and O–H groups in total. The summed E-state index contributed by atoms with van der Waals surface area (Å²) in [5, 5.41) is 12.4. The third kappa shape index (κ3) is 3.95. The van der Waals surface area contributed by atoms with Crippen molar-refractivity contribution >= 4 is 17.7 Å². The van der Waals surface area contributed by atoms with Crippen molar-refractivity contribution in [2.45, 2.75) is 50.4 Å². The van der Waals surface area contributed by atoms with Crippen molar-refractivity contribution < 1.29 is 9.53 Å². The molecular formula is C17H23N5O2S. The minimum absolute atomic E-state index is 0.143. The summed E-state index contributed by atoms with van der Waals surface area (Å²) in [6.07, 6.45) is 3.33. The number of aromatic nitrogens is 4. The molecule has 1 aromatic heterocycles. The van der Waals surface area contributed by atoms with Crippen LogP contribution in [-0.4, -0.2) is 56.0 Å². The number of hydrogen-bond donors (Lipinski definition) is 0. The first-order chi connectivity index (χ1) is 12.1. The van der Waals surface area contributed by atoms with Gasteiger partial charge in [-0.1, -0.05) is 17.8 Å². The van der Waals surface area contributed by atoms with E-state index in [4.69, 9.17) is 4.74 Å². The summed E-state index contributed by atoms with van der Waals surface area (Å²) in [7, 11) is 1.62. The van der Waals surface area contributed by atoms with Gasteiger partial charge in [0.25, 0.3) is 0 Å². The average Bonchev–Trinajstić information content (AvgIpc) is 3.08. The maximum Gasteiger partial charge on any atom is 0.233 e. The molecule has 2 heterocycles. The Labute approximate surface area is 151 Å². The van der Waals surface area contributed by atoms with Crippen molar-refractivity contribution in [1.82, 2.24) is 25.1 Å². The van der Waals surface area contributed by atoms with Gasteiger partial charge in [0.05, 0.1) is 18.6 Å². The Morgan fingerprint density at radius 2 is 2.08 bits per heavy atom. The maximum absolute atomic E-state index is 12.7. The highest BCUT2D eigenvalue weighted by Gasteiger charge is 2.29. The molecule has 1 amide bonds. The molecule has 0 bridgehead atoms. The van der Waals surface area contributed by atoms with E-state index in [1.54, 1.807) is 11.8 Å². The van der Waals surface area contributed by atoms with E-state index in [0.717, 1.165) is 24.3 Å². The molecule has 0 radical (unpaired) electrons. The molecular weight excluding hydrogens is 338 g/mol. The molecule has 1 fully saturated rings. The minimum Gasteiger partial charge on any atom is -0.497 e. The number of carbonyl (C=O) groups is 1. The molecule has 0 saturated carbocycles. The SMILES string of the molecule is COc1cccc(-n2nnnc2SCC(=O)N2C(C)CCCC2C)c1. The Morgan fingerprint density at radius 1 is 1.32 bits per heavy atom. The normalized spacial score (nSPS) is 20.5. The molecule has 0 spiro atoms. The van der Waals surface area contributed by atoms with Gasteiger partial charge in [-0.2, -0.15) is 4.68 Å². The fourth-order valence-electron chi connectivity index (χ4n) is 3.29. The zero-order valence-electron chi connectivity index (χ0n) is 14.8. The average molecular weight is 361 g/mol. The molecule has 1 aromatic carbocycles. The summed E-state index contributed by atoms with van der Waals surface area (Å²) in [4.78, 5) is 14.7. The number of methoxy groups -OCH3 is 1. The summed E-state index contributed by atoms with van der Waals surface area (Å²) < 4.78 is 6.87. The standard InChI is InChI=1S/C17H23N5O2S/c1-12-6-4-7-13(2)21(12)16(23)11-25-17-18-19-20-22(17)14-8-5-9-15(10-14)24-3/h5,8-10,12-13H,4,6-7,11H2,1-3H3. The van der Waals surface area contributed by atoms with E-state index in [0.29, 0.717) is 23.0 Å². The number of likely N-dealkylation sites (tertiary alicyclic amines) is 1. The molecule has 1 aliphatic heterocycles. The van der Waals surface area contributed by atoms with Gasteiger partial charge in [-0.3, -0.25) is 4.79 Å². The zero-order valence-corrected chi connectivity index (χ0v) is 15.6. The molecule has 1 saturated heterocycles. The molecule has 134 valence electrons. The van der Waals surface area contributed by atoms with Crippen molar-refractivity contribution in [3.8, 4) is 11.4 Å². The summed E-state index contributed by atoms with van der Waals surface area (Å²) in [6.45, 7) is 4.25. The Kier molecular flexibility index (Phi) is 5.57. The number of piperidine rings is 1. The topological polar surface area (TPSA) is 73.1 Å². The van der Waals surface area contributed by atoms with Gasteiger partial charge >= 0.3 is 0 Å². The maximum atomic E-state index is 12.7. The van der Waals surface area contributed by atoms with Crippen molar-refractivity contribution in [1.29, 1.82) is 0 Å². The lowest BCUT2D eigenvalue weighted by Gasteiger charge is -2.39. The summed E-state index contributed by atoms with van der Waals surface area (Å²) in [6, 6.07) is 8.10. The predicted octanol–water partition coefficient (Wildman–Crippen LogP) is 2.55. The molecule has 3 rings (SSSR count). The van der Waals surface area contributed by atoms with Crippen LogP contribution in [0.4, 0.5) is 0 Å². The molecule has 2 aromatic rings. The number of thioether (sulfide) groups is 1. The van der Waals surface area contributed by atoms with Crippen LogP contribution in [0.5, 0.6) is 5.75 Å². The highest BCUT2D eigenvalue weighted by Crippen LogP contribution is 2.25. The van der Waals surface area contributed by atoms with E-state index >= 15 is 0 Å². The Hall–Kier alpha value is -2.09. The van der Waals surface area contributed by atoms with Gasteiger partial charge in [0.2, 0.25) is 11.1 Å². The van der Waals surface area contributed by atoms with Crippen LogP contribution in [0.1, 0.15) is 33.1 Å². The number of hydrogen-bond acceptors (Lipinski definition) is 6. The summed E-state index contributed by atoms with van der Waals surface area (Å²) in [5.41, 5.74) is 0.805. The van der Waals surface area contributed by atoms with Crippen LogP contribution < -0.4 is 4.74 Å². The van der Waals surface area contributed by atoms with Gasteiger partial charge in [-0.25, -0.2) is 0 Å². The van der Waals surface area contributed by atoms with Gasteiger partial charge in [0.15, 0.2) is 0 Å². The van der Waals surface area contributed by atoms with Crippen molar-refractivity contribution in [3.63, 3.8) is 0 Å². The Balaban J connectivity index is 1.70. The van der Waals surface area contributed by atoms with Gasteiger partial charge in [-0.05, 0) is 55.7 Å². The van der Waals surface area contributed by atoms with Gasteiger partial charge in [-0.15, -0.1) is 5.10 Å². The van der Waals surface area contributed by atoms with E-state index in [9.17, 15) is 4.79 Å². The van der Waals surface area contributed by atoms with E-state index < -0.39 is 0 Å². The third-order valence-electron chi connectivity index (χ3n) is 4.55. The molecule has 2 atom stereocenters. The lowest BCUT2D eigenvalue weighted by molar-refractivity contribution is -0.134. The molecule has 7 nitrogen and oxygen atoms in total. The molecule has 1 aliphatic rings. The van der Waals surface area contributed by atoms with Crippen LogP contribution in [0.15, 0.2) is 29.4 Å². The molecule has 25 heavy (non-hydrogen) atoms. The number of ether oxygens (including phenoxy) is 1. The predicted molar refractivity (Wildman–Crippen MR) is 96.1 cm³/mol. The van der Waals surface area contributed by atoms with Crippen LogP contribution in [0, 0.1) is 0 Å². The van der Waals surface area contributed by atoms with E-state index in [-0.39, 0.29) is 5.91 Å². The second-order valence-electron chi connectivity index (χ2n) is 6.29. The first-order valence-electron chi connectivity index (χ1n) is 8.47. The number of rotatable bonds is 5. The fourth-order valence-corrected chi connectivity index (χ4v) is 4.05. The lowest BCUT2D eigenvalue weighted by Crippen LogP contribution is -2.48. The Morgan fingerprint density at radius 3 is 2.80 bits per heavy atom. The van der Waals surface area contributed by atoms with E-state index in [1.165, 1.54) is 18.2 Å². The van der Waals surface area contributed by atoms with Crippen LogP contribution in [0.3, 0.4) is 0 Å². The Bertz CT molecular complexity index is 725. The third-order valence-corrected chi connectivity index (χ3v) is 5.45. The first-order valence-corrected chi connectivity index (χ1v) is 9.45.